The zero-order valence-electron chi connectivity index (χ0n) is 13.1. The van der Waals surface area contributed by atoms with Gasteiger partial charge in [0.25, 0.3) is 5.56 Å². The van der Waals surface area contributed by atoms with Gasteiger partial charge in [-0.2, -0.15) is 13.2 Å². The molecule has 24 heavy (non-hydrogen) atoms. The number of benzene rings is 1. The average Bonchev–Trinajstić information content (AvgIpc) is 2.48. The summed E-state index contributed by atoms with van der Waals surface area (Å²) in [6.45, 7) is 0.459. The van der Waals surface area contributed by atoms with Gasteiger partial charge >= 0.3 is 11.9 Å². The molecule has 5 nitrogen and oxygen atoms in total. The van der Waals surface area contributed by atoms with Crippen LogP contribution in [0.3, 0.4) is 0 Å². The van der Waals surface area contributed by atoms with E-state index in [1.165, 1.54) is 0 Å². The van der Waals surface area contributed by atoms with Crippen LogP contribution in [-0.2, 0) is 19.5 Å². The number of alkyl halides is 3. The number of aromatic nitrogens is 2. The van der Waals surface area contributed by atoms with Crippen molar-refractivity contribution in [3.8, 4) is 0 Å². The maximum absolute atomic E-state index is 12.5. The molecule has 0 aliphatic rings. The highest BCUT2D eigenvalue weighted by molar-refractivity contribution is 5.27. The van der Waals surface area contributed by atoms with Crippen molar-refractivity contribution in [2.24, 2.45) is 0 Å². The number of rotatable bonds is 5. The topological polar surface area (TPSA) is 70.0 Å². The molecule has 0 unspecified atom stereocenters. The Bertz CT molecular complexity index is 838. The summed E-state index contributed by atoms with van der Waals surface area (Å²) in [6.07, 6.45) is -3.53. The average molecular weight is 341 g/mol. The predicted octanol–water partition coefficient (Wildman–Crippen LogP) is 2.10. The number of nitrogen functional groups attached to an aromatic ring is 1. The Morgan fingerprint density at radius 3 is 2.42 bits per heavy atom. The van der Waals surface area contributed by atoms with E-state index in [-0.39, 0.29) is 6.54 Å². The molecular weight excluding hydrogens is 323 g/mol. The van der Waals surface area contributed by atoms with E-state index < -0.39 is 29.8 Å². The second kappa shape index (κ2) is 6.94. The molecule has 2 aromatic rings. The Morgan fingerprint density at radius 2 is 1.79 bits per heavy atom. The summed E-state index contributed by atoms with van der Waals surface area (Å²) in [5, 5.41) is 0. The van der Waals surface area contributed by atoms with Gasteiger partial charge in [0, 0.05) is 12.6 Å². The first kappa shape index (κ1) is 17.8. The van der Waals surface area contributed by atoms with Gasteiger partial charge in [0.15, 0.2) is 0 Å². The lowest BCUT2D eigenvalue weighted by Crippen LogP contribution is -2.42. The lowest BCUT2D eigenvalue weighted by atomic mass is 10.0. The molecule has 1 aromatic heterocycles. The Labute approximate surface area is 136 Å². The largest absolute Gasteiger partial charge is 0.406 e. The van der Waals surface area contributed by atoms with E-state index in [9.17, 15) is 22.8 Å². The minimum Gasteiger partial charge on any atom is -0.385 e. The molecule has 0 aliphatic carbocycles. The molecule has 2 rings (SSSR count). The van der Waals surface area contributed by atoms with Crippen LogP contribution in [-0.4, -0.2) is 15.3 Å². The molecule has 1 aromatic carbocycles. The lowest BCUT2D eigenvalue weighted by molar-refractivity contribution is -0.141. The number of anilines is 1. The Balaban J connectivity index is 2.21. The van der Waals surface area contributed by atoms with E-state index in [1.807, 2.05) is 31.2 Å². The zero-order chi connectivity index (χ0) is 17.9. The van der Waals surface area contributed by atoms with Crippen LogP contribution < -0.4 is 17.0 Å². The van der Waals surface area contributed by atoms with Crippen LogP contribution in [0.4, 0.5) is 19.0 Å². The van der Waals surface area contributed by atoms with Gasteiger partial charge in [-0.1, -0.05) is 24.3 Å². The van der Waals surface area contributed by atoms with Crippen molar-refractivity contribution in [2.75, 3.05) is 5.73 Å². The molecule has 130 valence electrons. The predicted molar refractivity (Wildman–Crippen MR) is 84.9 cm³/mol. The fourth-order valence-electron chi connectivity index (χ4n) is 2.50. The van der Waals surface area contributed by atoms with Crippen LogP contribution in [0, 0.1) is 6.92 Å². The first-order valence-corrected chi connectivity index (χ1v) is 7.40. The van der Waals surface area contributed by atoms with Crippen molar-refractivity contribution in [3.63, 3.8) is 0 Å². The highest BCUT2D eigenvalue weighted by Crippen LogP contribution is 2.17. The van der Waals surface area contributed by atoms with E-state index >= 15 is 0 Å². The summed E-state index contributed by atoms with van der Waals surface area (Å²) in [6, 6.07) is 8.51. The van der Waals surface area contributed by atoms with Crippen LogP contribution >= 0.6 is 0 Å². The molecule has 0 spiro atoms. The monoisotopic (exact) mass is 341 g/mol. The van der Waals surface area contributed by atoms with E-state index in [0.717, 1.165) is 21.8 Å². The lowest BCUT2D eigenvalue weighted by Gasteiger charge is -2.14. The number of aryl methyl sites for hydroxylation is 2. The van der Waals surface area contributed by atoms with Crippen LogP contribution in [0.5, 0.6) is 0 Å². The quantitative estimate of drug-likeness (QED) is 0.905. The molecule has 0 aliphatic heterocycles. The third kappa shape index (κ3) is 4.27. The van der Waals surface area contributed by atoms with Crippen molar-refractivity contribution in [1.82, 2.24) is 9.13 Å². The molecule has 0 atom stereocenters. The molecule has 0 bridgehead atoms. The fraction of sp³-hybridized carbons (Fsp3) is 0.375. The maximum Gasteiger partial charge on any atom is 0.406 e. The number of nitrogens with two attached hydrogens (primary N) is 1. The van der Waals surface area contributed by atoms with E-state index in [0.29, 0.717) is 17.4 Å². The molecule has 0 radical (unpaired) electrons. The first-order chi connectivity index (χ1) is 11.2. The van der Waals surface area contributed by atoms with Gasteiger partial charge in [-0.05, 0) is 30.9 Å². The molecule has 8 heteroatoms. The van der Waals surface area contributed by atoms with Gasteiger partial charge in [0.2, 0.25) is 0 Å². The minimum atomic E-state index is -4.60. The SMILES string of the molecule is Cc1ccccc1CCCn1c(=O)cc(N)n(CC(F)(F)F)c1=O. The highest BCUT2D eigenvalue weighted by Gasteiger charge is 2.30. The van der Waals surface area contributed by atoms with Crippen molar-refractivity contribution in [2.45, 2.75) is 39.0 Å². The van der Waals surface area contributed by atoms with E-state index in [1.54, 1.807) is 0 Å². The Kier molecular flexibility index (Phi) is 5.16. The third-order valence-electron chi connectivity index (χ3n) is 3.74. The Morgan fingerprint density at radius 1 is 1.12 bits per heavy atom. The van der Waals surface area contributed by atoms with Gasteiger partial charge in [-0.3, -0.25) is 13.9 Å². The van der Waals surface area contributed by atoms with Crippen molar-refractivity contribution < 1.29 is 13.2 Å². The molecule has 1 heterocycles. The zero-order valence-corrected chi connectivity index (χ0v) is 13.1. The van der Waals surface area contributed by atoms with Gasteiger partial charge in [-0.15, -0.1) is 0 Å². The summed E-state index contributed by atoms with van der Waals surface area (Å²) in [4.78, 5) is 24.0. The number of hydrogen-bond acceptors (Lipinski definition) is 3. The van der Waals surface area contributed by atoms with Crippen molar-refractivity contribution >= 4 is 5.82 Å². The molecule has 0 saturated carbocycles. The summed E-state index contributed by atoms with van der Waals surface area (Å²) < 4.78 is 38.8. The van der Waals surface area contributed by atoms with Gasteiger partial charge in [0.1, 0.15) is 12.4 Å². The fourth-order valence-corrected chi connectivity index (χ4v) is 2.50. The number of nitrogens with zero attached hydrogens (tertiary/aromatic N) is 2. The second-order valence-electron chi connectivity index (χ2n) is 5.57. The van der Waals surface area contributed by atoms with Crippen LogP contribution in [0.1, 0.15) is 17.5 Å². The van der Waals surface area contributed by atoms with Gasteiger partial charge < -0.3 is 5.73 Å². The van der Waals surface area contributed by atoms with Crippen molar-refractivity contribution in [1.29, 1.82) is 0 Å². The van der Waals surface area contributed by atoms with E-state index in [2.05, 4.69) is 0 Å². The van der Waals surface area contributed by atoms with Crippen LogP contribution in [0.25, 0.3) is 0 Å². The Hall–Kier alpha value is -2.51. The highest BCUT2D eigenvalue weighted by atomic mass is 19.4. The number of hydrogen-bond donors (Lipinski definition) is 1. The maximum atomic E-state index is 12.5. The molecular formula is C16H18F3N3O2. The van der Waals surface area contributed by atoms with Gasteiger partial charge in [-0.25, -0.2) is 4.79 Å². The van der Waals surface area contributed by atoms with Crippen molar-refractivity contribution in [3.05, 3.63) is 62.3 Å². The minimum absolute atomic E-state index is 0.0319. The summed E-state index contributed by atoms with van der Waals surface area (Å²) in [5.74, 6) is -0.488. The summed E-state index contributed by atoms with van der Waals surface area (Å²) >= 11 is 0. The first-order valence-electron chi connectivity index (χ1n) is 7.40. The number of halogens is 3. The second-order valence-corrected chi connectivity index (χ2v) is 5.57. The van der Waals surface area contributed by atoms with Gasteiger partial charge in [0.05, 0.1) is 0 Å². The molecule has 0 amide bonds. The van der Waals surface area contributed by atoms with E-state index in [4.69, 9.17) is 5.73 Å². The molecule has 0 saturated heterocycles. The summed E-state index contributed by atoms with van der Waals surface area (Å²) in [7, 11) is 0. The normalized spacial score (nSPS) is 11.7. The molecule has 0 fully saturated rings. The van der Waals surface area contributed by atoms with Crippen LogP contribution in [0.15, 0.2) is 39.9 Å². The smallest absolute Gasteiger partial charge is 0.385 e. The summed E-state index contributed by atoms with van der Waals surface area (Å²) in [5.41, 5.74) is 5.80. The molecule has 2 N–H and O–H groups in total. The third-order valence-corrected chi connectivity index (χ3v) is 3.74. The van der Waals surface area contributed by atoms with Crippen LogP contribution in [0.2, 0.25) is 0 Å². The standard InChI is InChI=1S/C16H18F3N3O2/c1-11-5-2-3-6-12(11)7-4-8-21-14(23)9-13(20)22(15(21)24)10-16(17,18)19/h2-3,5-6,9H,4,7-8,10,20H2,1H3.